The van der Waals surface area contributed by atoms with Crippen LogP contribution in [0.3, 0.4) is 0 Å². The Morgan fingerprint density at radius 3 is 2.62 bits per heavy atom. The van der Waals surface area contributed by atoms with Gasteiger partial charge in [-0.2, -0.15) is 5.10 Å². The number of benzene rings is 1. The monoisotopic (exact) mass is 551 g/mol. The molecule has 4 heterocycles. The van der Waals surface area contributed by atoms with E-state index in [1.165, 1.54) is 18.3 Å². The van der Waals surface area contributed by atoms with Crippen LogP contribution in [0.1, 0.15) is 49.4 Å². The number of fused-ring (bicyclic) bond motifs is 1. The van der Waals surface area contributed by atoms with Crippen LogP contribution in [-0.2, 0) is 13.7 Å². The molecule has 39 heavy (non-hydrogen) atoms. The molecule has 0 aliphatic carbocycles. The second kappa shape index (κ2) is 10.3. The first kappa shape index (κ1) is 26.0. The number of hydrogen-bond acceptors (Lipinski definition) is 7. The van der Waals surface area contributed by atoms with Crippen LogP contribution in [0.4, 0.5) is 14.5 Å². The number of furan rings is 1. The number of nitrogens with zero attached hydrogens (tertiary/aromatic N) is 3. The molecule has 0 aliphatic rings. The fourth-order valence-corrected chi connectivity index (χ4v) is 5.13. The van der Waals surface area contributed by atoms with E-state index in [4.69, 9.17) is 14.9 Å². The van der Waals surface area contributed by atoms with Crippen LogP contribution < -0.4 is 15.8 Å². The molecule has 5 rings (SSSR count). The second-order valence-electron chi connectivity index (χ2n) is 8.79. The van der Waals surface area contributed by atoms with E-state index in [0.717, 1.165) is 16.9 Å². The molecule has 9 nitrogen and oxygen atoms in total. The van der Waals surface area contributed by atoms with Crippen LogP contribution in [0.5, 0.6) is 5.75 Å². The lowest BCUT2D eigenvalue weighted by molar-refractivity contribution is 0.0992. The minimum absolute atomic E-state index is 0.0327. The molecule has 0 atom stereocenters. The molecule has 0 fully saturated rings. The summed E-state index contributed by atoms with van der Waals surface area (Å²) in [5.74, 6) is -0.448. The van der Waals surface area contributed by atoms with Crippen LogP contribution in [0, 0.1) is 13.8 Å². The minimum Gasteiger partial charge on any atom is -0.485 e. The summed E-state index contributed by atoms with van der Waals surface area (Å²) in [6.45, 7) is 3.79. The van der Waals surface area contributed by atoms with Crippen molar-refractivity contribution in [2.24, 2.45) is 12.8 Å². The zero-order valence-corrected chi connectivity index (χ0v) is 21.9. The predicted molar refractivity (Wildman–Crippen MR) is 142 cm³/mol. The number of ether oxygens (including phenoxy) is 1. The number of aryl methyl sites for hydroxylation is 2. The summed E-state index contributed by atoms with van der Waals surface area (Å²) in [6, 6.07) is 11.8. The van der Waals surface area contributed by atoms with Crippen LogP contribution in [0.15, 0.2) is 53.1 Å². The number of primary amides is 1. The number of thiophene rings is 1. The van der Waals surface area contributed by atoms with Crippen LogP contribution in [-0.4, -0.2) is 26.6 Å². The number of anilines is 1. The van der Waals surface area contributed by atoms with Crippen molar-refractivity contribution in [3.8, 4) is 16.9 Å². The van der Waals surface area contributed by atoms with Crippen molar-refractivity contribution in [3.63, 3.8) is 0 Å². The van der Waals surface area contributed by atoms with Crippen molar-refractivity contribution in [1.29, 1.82) is 0 Å². The smallest absolute Gasteiger partial charge is 0.291 e. The van der Waals surface area contributed by atoms with Gasteiger partial charge in [0.05, 0.1) is 11.9 Å². The molecule has 0 unspecified atom stereocenters. The second-order valence-corrected chi connectivity index (χ2v) is 9.79. The molecule has 2 amide bonds. The summed E-state index contributed by atoms with van der Waals surface area (Å²) < 4.78 is 40.5. The topological polar surface area (TPSA) is 125 Å². The number of hydrogen-bond donors (Lipinski definition) is 2. The van der Waals surface area contributed by atoms with Crippen molar-refractivity contribution >= 4 is 39.1 Å². The number of nitrogens with one attached hydrogen (secondary N) is 1. The summed E-state index contributed by atoms with van der Waals surface area (Å²) in [4.78, 5) is 29.7. The van der Waals surface area contributed by atoms with Gasteiger partial charge in [0.1, 0.15) is 33.5 Å². The molecule has 200 valence electrons. The van der Waals surface area contributed by atoms with Crippen LogP contribution in [0.25, 0.3) is 21.3 Å². The maximum absolute atomic E-state index is 13.7. The van der Waals surface area contributed by atoms with Gasteiger partial charge in [-0.25, -0.2) is 13.8 Å². The van der Waals surface area contributed by atoms with E-state index in [0.29, 0.717) is 33.7 Å². The van der Waals surface area contributed by atoms with Gasteiger partial charge in [0, 0.05) is 23.7 Å². The van der Waals surface area contributed by atoms with Crippen molar-refractivity contribution in [2.75, 3.05) is 5.32 Å². The van der Waals surface area contributed by atoms with E-state index in [1.807, 2.05) is 31.2 Å². The van der Waals surface area contributed by atoms with Crippen molar-refractivity contribution in [3.05, 3.63) is 82.0 Å². The Hall–Kier alpha value is -4.58. The normalized spacial score (nSPS) is 11.3. The van der Waals surface area contributed by atoms with Gasteiger partial charge >= 0.3 is 0 Å². The quantitative estimate of drug-likeness (QED) is 0.252. The van der Waals surface area contributed by atoms with Crippen LogP contribution >= 0.6 is 11.3 Å². The number of rotatable bonds is 8. The highest BCUT2D eigenvalue weighted by atomic mass is 32.1. The summed E-state index contributed by atoms with van der Waals surface area (Å²) in [6.07, 6.45) is -1.33. The number of alkyl halides is 2. The Morgan fingerprint density at radius 1 is 1.18 bits per heavy atom. The van der Waals surface area contributed by atoms with E-state index in [-0.39, 0.29) is 27.8 Å². The number of amides is 2. The molecule has 0 aliphatic heterocycles. The lowest BCUT2D eigenvalue weighted by Crippen LogP contribution is -2.16. The first-order valence-electron chi connectivity index (χ1n) is 11.8. The average molecular weight is 552 g/mol. The SMILES string of the molecule is Cc1ccccc1OCc1ccc(C(=O)Nc2c(C(N)=O)sc3nc(C(F)F)cc(-c4cnn(C)c4C)c23)o1. The molecule has 3 N–H and O–H groups in total. The fraction of sp³-hybridized carbons (Fsp3) is 0.185. The fourth-order valence-electron chi connectivity index (χ4n) is 4.12. The van der Waals surface area contributed by atoms with E-state index >= 15 is 0 Å². The molecule has 4 aromatic heterocycles. The molecule has 0 bridgehead atoms. The number of carbonyl (C=O) groups excluding carboxylic acids is 2. The molecule has 5 aromatic rings. The highest BCUT2D eigenvalue weighted by Gasteiger charge is 2.27. The Bertz CT molecular complexity index is 1720. The molecule has 1 aromatic carbocycles. The Morgan fingerprint density at radius 2 is 1.95 bits per heavy atom. The standard InChI is InChI=1S/C27H23F2N5O4S/c1-13-6-4-5-7-19(13)37-12-15-8-9-20(38-15)26(36)33-22-21-16(17-11-31-34(3)14(17)2)10-18(24(28)29)32-27(21)39-23(22)25(30)35/h4-11,24H,12H2,1-3H3,(H2,30,35)(H,33,36). The lowest BCUT2D eigenvalue weighted by Gasteiger charge is -2.10. The van der Waals surface area contributed by atoms with Crippen molar-refractivity contribution < 1.29 is 27.5 Å². The molecule has 0 saturated carbocycles. The third-order valence-electron chi connectivity index (χ3n) is 6.24. The maximum atomic E-state index is 13.7. The van der Waals surface area contributed by atoms with E-state index in [9.17, 15) is 18.4 Å². The Kier molecular flexibility index (Phi) is 6.87. The number of carbonyl (C=O) groups is 2. The molecule has 0 spiro atoms. The first-order valence-corrected chi connectivity index (χ1v) is 12.6. The Balaban J connectivity index is 1.52. The zero-order chi connectivity index (χ0) is 27.8. The minimum atomic E-state index is -2.86. The van der Waals surface area contributed by atoms with Crippen molar-refractivity contribution in [2.45, 2.75) is 26.9 Å². The highest BCUT2D eigenvalue weighted by Crippen LogP contribution is 2.43. The average Bonchev–Trinajstić information content (AvgIpc) is 3.61. The van der Waals surface area contributed by atoms with Crippen molar-refractivity contribution in [1.82, 2.24) is 14.8 Å². The van der Waals surface area contributed by atoms with Gasteiger partial charge in [0.2, 0.25) is 0 Å². The predicted octanol–water partition coefficient (Wildman–Crippen LogP) is 5.77. The van der Waals surface area contributed by atoms with Gasteiger partial charge in [-0.3, -0.25) is 14.3 Å². The van der Waals surface area contributed by atoms with Gasteiger partial charge in [0.15, 0.2) is 5.76 Å². The third kappa shape index (κ3) is 4.98. The molecular formula is C27H23F2N5O4S. The van der Waals surface area contributed by atoms with Gasteiger partial charge < -0.3 is 20.2 Å². The van der Waals surface area contributed by atoms with Gasteiger partial charge in [0.25, 0.3) is 18.2 Å². The summed E-state index contributed by atoms with van der Waals surface area (Å²) >= 11 is 0.823. The van der Waals surface area contributed by atoms with Gasteiger partial charge in [-0.05, 0) is 49.2 Å². The largest absolute Gasteiger partial charge is 0.485 e. The number of aromatic nitrogens is 3. The first-order chi connectivity index (χ1) is 18.6. The maximum Gasteiger partial charge on any atom is 0.291 e. The van der Waals surface area contributed by atoms with E-state index in [2.05, 4.69) is 15.4 Å². The van der Waals surface area contributed by atoms with E-state index in [1.54, 1.807) is 24.7 Å². The zero-order valence-electron chi connectivity index (χ0n) is 21.1. The Labute approximate surface area is 225 Å². The highest BCUT2D eigenvalue weighted by molar-refractivity contribution is 7.21. The molecular weight excluding hydrogens is 528 g/mol. The number of halogens is 2. The summed E-state index contributed by atoms with van der Waals surface area (Å²) in [7, 11) is 1.72. The summed E-state index contributed by atoms with van der Waals surface area (Å²) in [5.41, 5.74) is 7.73. The number of pyridine rings is 1. The van der Waals surface area contributed by atoms with Crippen LogP contribution in [0.2, 0.25) is 0 Å². The third-order valence-corrected chi connectivity index (χ3v) is 7.34. The van der Waals surface area contributed by atoms with Gasteiger partial charge in [-0.1, -0.05) is 18.2 Å². The molecule has 12 heteroatoms. The molecule has 0 radical (unpaired) electrons. The number of para-hydroxylation sites is 1. The van der Waals surface area contributed by atoms with Gasteiger partial charge in [-0.15, -0.1) is 11.3 Å². The van der Waals surface area contributed by atoms with E-state index < -0.39 is 23.9 Å². The number of nitrogens with two attached hydrogens (primary N) is 1. The molecule has 0 saturated heterocycles. The lowest BCUT2D eigenvalue weighted by atomic mass is 10.0. The summed E-state index contributed by atoms with van der Waals surface area (Å²) in [5, 5.41) is 7.20.